The molecular formula is C14H20BrN3O3S. The van der Waals surface area contributed by atoms with Crippen LogP contribution >= 0.6 is 15.9 Å². The zero-order valence-corrected chi connectivity index (χ0v) is 15.0. The maximum Gasteiger partial charge on any atom is 0.279 e. The first-order chi connectivity index (χ1) is 10.3. The zero-order valence-electron chi connectivity index (χ0n) is 12.6. The fraction of sp³-hybridized carbons (Fsp3) is 0.500. The third-order valence-corrected chi connectivity index (χ3v) is 5.97. The molecule has 8 heteroatoms. The minimum absolute atomic E-state index is 0.0265. The summed E-state index contributed by atoms with van der Waals surface area (Å²) in [5.41, 5.74) is 0.634. The Hall–Kier alpha value is -0.960. The Balaban J connectivity index is 1.95. The van der Waals surface area contributed by atoms with Crippen molar-refractivity contribution in [3.63, 3.8) is 0 Å². The van der Waals surface area contributed by atoms with Crippen molar-refractivity contribution in [1.82, 2.24) is 13.9 Å². The Morgan fingerprint density at radius 1 is 1.27 bits per heavy atom. The Morgan fingerprint density at radius 3 is 2.41 bits per heavy atom. The Kier molecular flexibility index (Phi) is 5.60. The number of amides is 1. The normalized spacial score (nSPS) is 17.0. The van der Waals surface area contributed by atoms with Gasteiger partial charge in [0.15, 0.2) is 0 Å². The lowest BCUT2D eigenvalue weighted by molar-refractivity contribution is 0.0710. The van der Waals surface area contributed by atoms with Crippen molar-refractivity contribution < 1.29 is 13.2 Å². The standard InChI is InChI=1S/C14H20BrN3O3S/c1-17(2)22(20,21)16-11-7-9-18(10-8-11)14(19)12-5-3-4-6-13(12)15/h3-6,11,16H,7-10H2,1-2H3. The molecule has 0 aliphatic carbocycles. The largest absolute Gasteiger partial charge is 0.338 e. The number of carbonyl (C=O) groups excluding carboxylic acids is 1. The maximum absolute atomic E-state index is 12.5. The highest BCUT2D eigenvalue weighted by atomic mass is 79.9. The molecule has 1 saturated heterocycles. The Bertz CT molecular complexity index is 640. The van der Waals surface area contributed by atoms with Gasteiger partial charge in [-0.2, -0.15) is 17.4 Å². The second kappa shape index (κ2) is 7.08. The maximum atomic E-state index is 12.5. The summed E-state index contributed by atoms with van der Waals surface area (Å²) in [6.07, 6.45) is 1.23. The SMILES string of the molecule is CN(C)S(=O)(=O)NC1CCN(C(=O)c2ccccc2Br)CC1. The molecule has 1 amide bonds. The molecule has 1 N–H and O–H groups in total. The van der Waals surface area contributed by atoms with Crippen molar-refractivity contribution >= 4 is 32.0 Å². The molecule has 1 fully saturated rings. The molecule has 0 bridgehead atoms. The number of nitrogens with one attached hydrogen (secondary N) is 1. The molecule has 122 valence electrons. The van der Waals surface area contributed by atoms with Crippen molar-refractivity contribution in [2.24, 2.45) is 0 Å². The number of hydrogen-bond donors (Lipinski definition) is 1. The first-order valence-electron chi connectivity index (χ1n) is 7.05. The van der Waals surface area contributed by atoms with Crippen LogP contribution in [0.15, 0.2) is 28.7 Å². The molecule has 1 aliphatic rings. The number of rotatable bonds is 4. The lowest BCUT2D eigenvalue weighted by atomic mass is 10.0. The third kappa shape index (κ3) is 4.07. The van der Waals surface area contributed by atoms with Crippen LogP contribution < -0.4 is 4.72 Å². The van der Waals surface area contributed by atoms with Gasteiger partial charge in [0.2, 0.25) is 0 Å². The van der Waals surface area contributed by atoms with Crippen LogP contribution in [0.1, 0.15) is 23.2 Å². The molecule has 1 heterocycles. The van der Waals surface area contributed by atoms with Gasteiger partial charge in [-0.25, -0.2) is 0 Å². The molecular weight excluding hydrogens is 370 g/mol. The van der Waals surface area contributed by atoms with Gasteiger partial charge in [-0.15, -0.1) is 0 Å². The summed E-state index contributed by atoms with van der Waals surface area (Å²) in [7, 11) is -0.434. The van der Waals surface area contributed by atoms with E-state index in [4.69, 9.17) is 0 Å². The zero-order chi connectivity index (χ0) is 16.3. The van der Waals surface area contributed by atoms with Gasteiger partial charge in [0.05, 0.1) is 5.56 Å². The number of likely N-dealkylation sites (tertiary alicyclic amines) is 1. The number of piperidine rings is 1. The minimum Gasteiger partial charge on any atom is -0.338 e. The number of hydrogen-bond acceptors (Lipinski definition) is 3. The van der Waals surface area contributed by atoms with Gasteiger partial charge >= 0.3 is 0 Å². The average molecular weight is 390 g/mol. The predicted octanol–water partition coefficient (Wildman–Crippen LogP) is 1.45. The van der Waals surface area contributed by atoms with E-state index in [0.29, 0.717) is 31.5 Å². The van der Waals surface area contributed by atoms with Crippen molar-refractivity contribution in [3.8, 4) is 0 Å². The quantitative estimate of drug-likeness (QED) is 0.846. The van der Waals surface area contributed by atoms with Gasteiger partial charge in [-0.05, 0) is 40.9 Å². The molecule has 0 radical (unpaired) electrons. The van der Waals surface area contributed by atoms with Gasteiger partial charge in [-0.3, -0.25) is 4.79 Å². The summed E-state index contributed by atoms with van der Waals surface area (Å²) in [5.74, 6) is -0.0265. The third-order valence-electron chi connectivity index (χ3n) is 3.68. The molecule has 0 unspecified atom stereocenters. The van der Waals surface area contributed by atoms with Gasteiger partial charge in [0.1, 0.15) is 0 Å². The van der Waals surface area contributed by atoms with E-state index in [-0.39, 0.29) is 11.9 Å². The van der Waals surface area contributed by atoms with E-state index < -0.39 is 10.2 Å². The number of nitrogens with zero attached hydrogens (tertiary/aromatic N) is 2. The van der Waals surface area contributed by atoms with Crippen LogP contribution in [0.2, 0.25) is 0 Å². The molecule has 1 aromatic rings. The molecule has 0 aromatic heterocycles. The summed E-state index contributed by atoms with van der Waals surface area (Å²) < 4.78 is 28.2. The molecule has 0 saturated carbocycles. The van der Waals surface area contributed by atoms with Crippen molar-refractivity contribution in [2.45, 2.75) is 18.9 Å². The van der Waals surface area contributed by atoms with Gasteiger partial charge in [0.25, 0.3) is 16.1 Å². The number of benzene rings is 1. The molecule has 0 atom stereocenters. The summed E-state index contributed by atoms with van der Waals surface area (Å²) >= 11 is 3.39. The lowest BCUT2D eigenvalue weighted by Crippen LogP contribution is -2.49. The summed E-state index contributed by atoms with van der Waals surface area (Å²) in [6, 6.07) is 7.19. The van der Waals surface area contributed by atoms with Crippen LogP contribution in [0.4, 0.5) is 0 Å². The van der Waals surface area contributed by atoms with Crippen LogP contribution in [-0.2, 0) is 10.2 Å². The Labute approximate surface area is 139 Å². The van der Waals surface area contributed by atoms with Crippen molar-refractivity contribution in [1.29, 1.82) is 0 Å². The topological polar surface area (TPSA) is 69.7 Å². The van der Waals surface area contributed by atoms with E-state index in [2.05, 4.69) is 20.7 Å². The highest BCUT2D eigenvalue weighted by molar-refractivity contribution is 9.10. The summed E-state index contributed by atoms with van der Waals surface area (Å²) in [6.45, 7) is 1.08. The second-order valence-electron chi connectivity index (χ2n) is 5.45. The van der Waals surface area contributed by atoms with E-state index in [0.717, 1.165) is 8.78 Å². The number of carbonyl (C=O) groups is 1. The summed E-state index contributed by atoms with van der Waals surface area (Å²) in [4.78, 5) is 14.2. The fourth-order valence-electron chi connectivity index (χ4n) is 2.32. The summed E-state index contributed by atoms with van der Waals surface area (Å²) in [5, 5.41) is 0. The first kappa shape index (κ1) is 17.4. The van der Waals surface area contributed by atoms with E-state index in [1.54, 1.807) is 11.0 Å². The van der Waals surface area contributed by atoms with Crippen LogP contribution in [-0.4, -0.2) is 56.8 Å². The van der Waals surface area contributed by atoms with Crippen LogP contribution in [0.5, 0.6) is 0 Å². The van der Waals surface area contributed by atoms with Gasteiger partial charge < -0.3 is 4.90 Å². The minimum atomic E-state index is -3.42. The van der Waals surface area contributed by atoms with Crippen LogP contribution in [0.3, 0.4) is 0 Å². The molecule has 1 aromatic carbocycles. The van der Waals surface area contributed by atoms with E-state index in [1.165, 1.54) is 14.1 Å². The van der Waals surface area contributed by atoms with Crippen molar-refractivity contribution in [2.75, 3.05) is 27.2 Å². The molecule has 1 aliphatic heterocycles. The molecule has 2 rings (SSSR count). The van der Waals surface area contributed by atoms with Crippen LogP contribution in [0, 0.1) is 0 Å². The first-order valence-corrected chi connectivity index (χ1v) is 9.28. The average Bonchev–Trinajstić information content (AvgIpc) is 2.47. The molecule has 6 nitrogen and oxygen atoms in total. The second-order valence-corrected chi connectivity index (χ2v) is 8.22. The van der Waals surface area contributed by atoms with Gasteiger partial charge in [-0.1, -0.05) is 12.1 Å². The van der Waals surface area contributed by atoms with Crippen LogP contribution in [0.25, 0.3) is 0 Å². The van der Waals surface area contributed by atoms with E-state index >= 15 is 0 Å². The predicted molar refractivity (Wildman–Crippen MR) is 88.8 cm³/mol. The van der Waals surface area contributed by atoms with E-state index in [9.17, 15) is 13.2 Å². The lowest BCUT2D eigenvalue weighted by Gasteiger charge is -2.33. The monoisotopic (exact) mass is 389 g/mol. The van der Waals surface area contributed by atoms with Gasteiger partial charge in [0, 0.05) is 37.7 Å². The fourth-order valence-corrected chi connectivity index (χ4v) is 3.64. The number of halogens is 1. The molecule has 0 spiro atoms. The Morgan fingerprint density at radius 2 is 1.86 bits per heavy atom. The van der Waals surface area contributed by atoms with Crippen molar-refractivity contribution in [3.05, 3.63) is 34.3 Å². The molecule has 22 heavy (non-hydrogen) atoms. The smallest absolute Gasteiger partial charge is 0.279 e. The highest BCUT2D eigenvalue weighted by Gasteiger charge is 2.27. The highest BCUT2D eigenvalue weighted by Crippen LogP contribution is 2.20. The van der Waals surface area contributed by atoms with E-state index in [1.807, 2.05) is 18.2 Å².